The summed E-state index contributed by atoms with van der Waals surface area (Å²) in [5.41, 5.74) is 2.98. The van der Waals surface area contributed by atoms with E-state index in [9.17, 15) is 0 Å². The van der Waals surface area contributed by atoms with E-state index in [0.717, 1.165) is 5.92 Å². The molecule has 0 heterocycles. The van der Waals surface area contributed by atoms with E-state index in [1.54, 1.807) is 5.57 Å². The molecule has 104 valence electrons. The van der Waals surface area contributed by atoms with E-state index < -0.39 is 0 Å². The Labute approximate surface area is 119 Å². The van der Waals surface area contributed by atoms with Gasteiger partial charge in [0.15, 0.2) is 0 Å². The van der Waals surface area contributed by atoms with Gasteiger partial charge in [0.2, 0.25) is 0 Å². The lowest BCUT2D eigenvalue weighted by Crippen LogP contribution is -2.06. The Morgan fingerprint density at radius 3 is 2.16 bits per heavy atom. The van der Waals surface area contributed by atoms with Crippen molar-refractivity contribution in [3.8, 4) is 0 Å². The average Bonchev–Trinajstić information content (AvgIpc) is 2.29. The molecule has 0 aromatic heterocycles. The van der Waals surface area contributed by atoms with Gasteiger partial charge in [-0.1, -0.05) is 82.4 Å². The molecule has 2 aliphatic carbocycles. The Balaban J connectivity index is 2.12. The van der Waals surface area contributed by atoms with Gasteiger partial charge in [-0.2, -0.15) is 0 Å². The van der Waals surface area contributed by atoms with E-state index in [1.165, 1.54) is 50.5 Å². The van der Waals surface area contributed by atoms with Crippen LogP contribution in [0.25, 0.3) is 0 Å². The normalized spacial score (nSPS) is 22.3. The Hall–Kier alpha value is -1.04. The zero-order valence-electron chi connectivity index (χ0n) is 12.6. The molecule has 0 aromatic carbocycles. The highest BCUT2D eigenvalue weighted by Gasteiger charge is 2.14. The van der Waals surface area contributed by atoms with E-state index in [0.29, 0.717) is 5.92 Å². The summed E-state index contributed by atoms with van der Waals surface area (Å²) in [5, 5.41) is 0. The minimum atomic E-state index is 0.609. The zero-order chi connectivity index (χ0) is 13.5. The molecule has 0 saturated heterocycles. The quantitative estimate of drug-likeness (QED) is 0.570. The molecule has 2 aliphatic rings. The van der Waals surface area contributed by atoms with Crippen LogP contribution < -0.4 is 0 Å². The maximum absolute atomic E-state index is 2.38. The van der Waals surface area contributed by atoms with Crippen LogP contribution in [-0.4, -0.2) is 0 Å². The van der Waals surface area contributed by atoms with Crippen LogP contribution in [-0.2, 0) is 0 Å². The molecule has 0 amide bonds. The molecule has 0 aromatic rings. The summed E-state index contributed by atoms with van der Waals surface area (Å²) in [7, 11) is 0. The average molecular weight is 256 g/mol. The first-order valence-corrected chi connectivity index (χ1v) is 8.04. The molecule has 0 nitrogen and oxygen atoms in total. The molecule has 1 saturated carbocycles. The summed E-state index contributed by atoms with van der Waals surface area (Å²) in [6.45, 7) is 4.54. The summed E-state index contributed by atoms with van der Waals surface area (Å²) in [6.07, 6.45) is 23.6. The predicted molar refractivity (Wildman–Crippen MR) is 85.1 cm³/mol. The highest BCUT2D eigenvalue weighted by Crippen LogP contribution is 2.29. The lowest BCUT2D eigenvalue weighted by molar-refractivity contribution is 0.425. The van der Waals surface area contributed by atoms with Gasteiger partial charge in [-0.15, -0.1) is 0 Å². The van der Waals surface area contributed by atoms with E-state index in [4.69, 9.17) is 0 Å². The summed E-state index contributed by atoms with van der Waals surface area (Å²) < 4.78 is 0. The fourth-order valence-corrected chi connectivity index (χ4v) is 3.08. The number of allylic oxidation sites excluding steroid dienone is 8. The molecule has 0 radical (unpaired) electrons. The van der Waals surface area contributed by atoms with Gasteiger partial charge in [0, 0.05) is 0 Å². The molecule has 0 spiro atoms. The van der Waals surface area contributed by atoms with Gasteiger partial charge in [0.05, 0.1) is 0 Å². The largest absolute Gasteiger partial charge is 0.0620 e. The third kappa shape index (κ3) is 4.53. The molecule has 0 unspecified atom stereocenters. The highest BCUT2D eigenvalue weighted by atomic mass is 14.2. The van der Waals surface area contributed by atoms with Crippen molar-refractivity contribution in [1.82, 2.24) is 0 Å². The summed E-state index contributed by atoms with van der Waals surface area (Å²) in [5.74, 6) is 1.39. The van der Waals surface area contributed by atoms with Gasteiger partial charge in [0.1, 0.15) is 0 Å². The summed E-state index contributed by atoms with van der Waals surface area (Å²) in [4.78, 5) is 0. The minimum Gasteiger partial charge on any atom is -0.0620 e. The molecule has 1 fully saturated rings. The molecular formula is C19H28. The Morgan fingerprint density at radius 1 is 0.842 bits per heavy atom. The first-order valence-electron chi connectivity index (χ1n) is 8.04. The van der Waals surface area contributed by atoms with Crippen LogP contribution in [0.3, 0.4) is 0 Å². The molecular weight excluding hydrogens is 228 g/mol. The highest BCUT2D eigenvalue weighted by molar-refractivity contribution is 5.37. The Bertz CT molecular complexity index is 382. The van der Waals surface area contributed by atoms with E-state index in [-0.39, 0.29) is 0 Å². The van der Waals surface area contributed by atoms with Crippen molar-refractivity contribution in [2.24, 2.45) is 11.8 Å². The second kappa shape index (κ2) is 7.53. The van der Waals surface area contributed by atoms with Crippen molar-refractivity contribution in [2.45, 2.75) is 58.8 Å². The fourth-order valence-electron chi connectivity index (χ4n) is 3.08. The van der Waals surface area contributed by atoms with Crippen LogP contribution in [0.5, 0.6) is 0 Å². The third-order valence-electron chi connectivity index (χ3n) is 4.40. The topological polar surface area (TPSA) is 0 Å². The van der Waals surface area contributed by atoms with E-state index in [1.807, 2.05) is 0 Å². The van der Waals surface area contributed by atoms with Crippen LogP contribution in [0.1, 0.15) is 58.8 Å². The predicted octanol–water partition coefficient (Wildman–Crippen LogP) is 5.98. The first-order chi connectivity index (χ1) is 9.27. The maximum atomic E-state index is 2.38. The Morgan fingerprint density at radius 2 is 1.47 bits per heavy atom. The Kier molecular flexibility index (Phi) is 5.69. The molecule has 19 heavy (non-hydrogen) atoms. The van der Waals surface area contributed by atoms with Crippen molar-refractivity contribution in [2.75, 3.05) is 0 Å². The maximum Gasteiger partial charge on any atom is -0.0162 e. The first kappa shape index (κ1) is 14.4. The SMILES string of the molecule is CC(C)C1=CC=C(C2CCCCCCC2)C=CC=C1. The van der Waals surface area contributed by atoms with Crippen molar-refractivity contribution in [1.29, 1.82) is 0 Å². The van der Waals surface area contributed by atoms with Gasteiger partial charge in [-0.05, 0) is 35.8 Å². The fraction of sp³-hybridized carbons (Fsp3) is 0.579. The number of rotatable bonds is 2. The summed E-state index contributed by atoms with van der Waals surface area (Å²) >= 11 is 0. The smallest absolute Gasteiger partial charge is 0.0162 e. The number of hydrogen-bond donors (Lipinski definition) is 0. The molecule has 0 atom stereocenters. The second-order valence-electron chi connectivity index (χ2n) is 6.25. The third-order valence-corrected chi connectivity index (χ3v) is 4.40. The van der Waals surface area contributed by atoms with Crippen LogP contribution in [0.4, 0.5) is 0 Å². The molecule has 2 rings (SSSR count). The zero-order valence-corrected chi connectivity index (χ0v) is 12.6. The molecule has 0 N–H and O–H groups in total. The van der Waals surface area contributed by atoms with Crippen LogP contribution in [0, 0.1) is 11.8 Å². The van der Waals surface area contributed by atoms with E-state index >= 15 is 0 Å². The van der Waals surface area contributed by atoms with Crippen molar-refractivity contribution in [3.63, 3.8) is 0 Å². The van der Waals surface area contributed by atoms with Gasteiger partial charge in [-0.3, -0.25) is 0 Å². The van der Waals surface area contributed by atoms with E-state index in [2.05, 4.69) is 50.3 Å². The minimum absolute atomic E-state index is 0.609. The monoisotopic (exact) mass is 256 g/mol. The van der Waals surface area contributed by atoms with Gasteiger partial charge in [-0.25, -0.2) is 0 Å². The van der Waals surface area contributed by atoms with Crippen LogP contribution >= 0.6 is 0 Å². The lowest BCUT2D eigenvalue weighted by atomic mass is 9.84. The van der Waals surface area contributed by atoms with Crippen molar-refractivity contribution in [3.05, 3.63) is 47.6 Å². The van der Waals surface area contributed by atoms with Crippen molar-refractivity contribution >= 4 is 0 Å². The molecule has 0 aliphatic heterocycles. The number of hydrogen-bond acceptors (Lipinski definition) is 0. The summed E-state index contributed by atoms with van der Waals surface area (Å²) in [6, 6.07) is 0. The van der Waals surface area contributed by atoms with Gasteiger partial charge < -0.3 is 0 Å². The standard InChI is InChI=1S/C19H28/c1-16(2)17-10-8-9-13-19(15-14-17)18-11-6-4-3-5-7-12-18/h8-10,13-16,18H,3-7,11-12H2,1-2H3. The van der Waals surface area contributed by atoms with Gasteiger partial charge in [0.25, 0.3) is 0 Å². The van der Waals surface area contributed by atoms with Crippen molar-refractivity contribution < 1.29 is 0 Å². The van der Waals surface area contributed by atoms with Crippen LogP contribution in [0.15, 0.2) is 47.6 Å². The van der Waals surface area contributed by atoms with Crippen LogP contribution in [0.2, 0.25) is 0 Å². The second-order valence-corrected chi connectivity index (χ2v) is 6.25. The van der Waals surface area contributed by atoms with Gasteiger partial charge >= 0.3 is 0 Å². The molecule has 0 heteroatoms. The lowest BCUT2D eigenvalue weighted by Gasteiger charge is -2.21. The molecule has 0 bridgehead atoms.